The van der Waals surface area contributed by atoms with Gasteiger partial charge in [-0.1, -0.05) is 24.6 Å². The molecule has 1 atom stereocenters. The van der Waals surface area contributed by atoms with Crippen molar-refractivity contribution >= 4 is 11.6 Å². The van der Waals surface area contributed by atoms with Crippen molar-refractivity contribution in [3.05, 3.63) is 34.6 Å². The minimum atomic E-state index is -0.599. The summed E-state index contributed by atoms with van der Waals surface area (Å²) in [4.78, 5) is 0. The monoisotopic (exact) mass is 188 g/mol. The Hall–Kier alpha value is -0.600. The maximum Gasteiger partial charge on any atom is 0.124 e. The molecule has 0 fully saturated rings. The molecule has 1 rings (SSSR count). The number of rotatable bonds is 2. The van der Waals surface area contributed by atoms with Crippen LogP contribution in [0.3, 0.4) is 0 Å². The standard InChI is InChI=1S/C9H10ClFO/c1-2-9(12)7-4-3-6(11)5-8(7)10/h3-5,9,12H,2H2,1H3/t9-/m1/s1. The molecule has 0 aliphatic carbocycles. The molecule has 1 N–H and O–H groups in total. The van der Waals surface area contributed by atoms with Crippen LogP contribution in [-0.2, 0) is 0 Å². The average molecular weight is 189 g/mol. The Morgan fingerprint density at radius 1 is 1.58 bits per heavy atom. The van der Waals surface area contributed by atoms with Gasteiger partial charge in [0, 0.05) is 5.02 Å². The summed E-state index contributed by atoms with van der Waals surface area (Å²) in [5, 5.41) is 9.68. The van der Waals surface area contributed by atoms with E-state index in [0.29, 0.717) is 12.0 Å². The van der Waals surface area contributed by atoms with Crippen molar-refractivity contribution in [2.45, 2.75) is 19.4 Å². The Labute approximate surface area is 75.8 Å². The van der Waals surface area contributed by atoms with Gasteiger partial charge in [0.15, 0.2) is 0 Å². The molecule has 0 saturated heterocycles. The molecule has 3 heteroatoms. The van der Waals surface area contributed by atoms with Gasteiger partial charge in [-0.05, 0) is 24.1 Å². The smallest absolute Gasteiger partial charge is 0.124 e. The molecule has 1 nitrogen and oxygen atoms in total. The van der Waals surface area contributed by atoms with Crippen molar-refractivity contribution in [1.82, 2.24) is 0 Å². The van der Waals surface area contributed by atoms with Gasteiger partial charge >= 0.3 is 0 Å². The molecule has 12 heavy (non-hydrogen) atoms. The molecular formula is C9H10ClFO. The van der Waals surface area contributed by atoms with Crippen LogP contribution in [0.2, 0.25) is 5.02 Å². The van der Waals surface area contributed by atoms with Crippen LogP contribution in [0, 0.1) is 5.82 Å². The van der Waals surface area contributed by atoms with Crippen molar-refractivity contribution in [3.63, 3.8) is 0 Å². The van der Waals surface area contributed by atoms with Crippen LogP contribution in [0.25, 0.3) is 0 Å². The Balaban J connectivity index is 3.01. The average Bonchev–Trinajstić information content (AvgIpc) is 2.03. The number of aliphatic hydroxyl groups is 1. The van der Waals surface area contributed by atoms with E-state index >= 15 is 0 Å². The molecule has 66 valence electrons. The Morgan fingerprint density at radius 2 is 2.25 bits per heavy atom. The second kappa shape index (κ2) is 3.87. The molecule has 0 spiro atoms. The normalized spacial score (nSPS) is 13.0. The summed E-state index contributed by atoms with van der Waals surface area (Å²) in [7, 11) is 0. The highest BCUT2D eigenvalue weighted by molar-refractivity contribution is 6.31. The second-order valence-corrected chi connectivity index (χ2v) is 3.00. The lowest BCUT2D eigenvalue weighted by atomic mass is 10.1. The van der Waals surface area contributed by atoms with E-state index in [2.05, 4.69) is 0 Å². The fourth-order valence-electron chi connectivity index (χ4n) is 0.992. The molecule has 0 amide bonds. The summed E-state index contributed by atoms with van der Waals surface area (Å²) in [5.41, 5.74) is 0.584. The predicted molar refractivity (Wildman–Crippen MR) is 46.7 cm³/mol. The summed E-state index contributed by atoms with van der Waals surface area (Å²) in [6.07, 6.45) is -0.0242. The first-order valence-corrected chi connectivity index (χ1v) is 4.16. The van der Waals surface area contributed by atoms with Gasteiger partial charge < -0.3 is 5.11 Å². The van der Waals surface area contributed by atoms with Gasteiger partial charge in [0.2, 0.25) is 0 Å². The molecule has 0 aliphatic heterocycles. The molecular weight excluding hydrogens is 179 g/mol. The molecule has 0 bridgehead atoms. The fraction of sp³-hybridized carbons (Fsp3) is 0.333. The van der Waals surface area contributed by atoms with Crippen LogP contribution in [-0.4, -0.2) is 5.11 Å². The van der Waals surface area contributed by atoms with Crippen LogP contribution < -0.4 is 0 Å². The van der Waals surface area contributed by atoms with Crippen LogP contribution in [0.5, 0.6) is 0 Å². The summed E-state index contributed by atoms with van der Waals surface area (Å²) >= 11 is 5.70. The Kier molecular flexibility index (Phi) is 3.06. The van der Waals surface area contributed by atoms with E-state index in [9.17, 15) is 9.50 Å². The number of hydrogen-bond acceptors (Lipinski definition) is 1. The van der Waals surface area contributed by atoms with Crippen molar-refractivity contribution in [2.24, 2.45) is 0 Å². The molecule has 0 aliphatic rings. The Morgan fingerprint density at radius 3 is 2.75 bits per heavy atom. The van der Waals surface area contributed by atoms with Gasteiger partial charge in [-0.15, -0.1) is 0 Å². The first-order chi connectivity index (χ1) is 5.65. The quantitative estimate of drug-likeness (QED) is 0.757. The van der Waals surface area contributed by atoms with Gasteiger partial charge in [-0.25, -0.2) is 4.39 Å². The summed E-state index contributed by atoms with van der Waals surface area (Å²) < 4.78 is 12.5. The third kappa shape index (κ3) is 1.96. The molecule has 1 aromatic rings. The van der Waals surface area contributed by atoms with Crippen molar-refractivity contribution < 1.29 is 9.50 Å². The first-order valence-electron chi connectivity index (χ1n) is 3.78. The molecule has 0 aromatic heterocycles. The molecule has 1 aromatic carbocycles. The molecule has 0 saturated carbocycles. The first kappa shape index (κ1) is 9.49. The topological polar surface area (TPSA) is 20.2 Å². The lowest BCUT2D eigenvalue weighted by molar-refractivity contribution is 0.173. The molecule has 0 unspecified atom stereocenters. The number of hydrogen-bond donors (Lipinski definition) is 1. The van der Waals surface area contributed by atoms with E-state index in [4.69, 9.17) is 11.6 Å². The van der Waals surface area contributed by atoms with Gasteiger partial charge in [-0.3, -0.25) is 0 Å². The highest BCUT2D eigenvalue weighted by Gasteiger charge is 2.09. The van der Waals surface area contributed by atoms with E-state index < -0.39 is 6.10 Å². The third-order valence-electron chi connectivity index (χ3n) is 1.71. The maximum absolute atomic E-state index is 12.5. The molecule has 0 heterocycles. The zero-order chi connectivity index (χ0) is 9.14. The Bertz CT molecular complexity index is 275. The highest BCUT2D eigenvalue weighted by Crippen LogP contribution is 2.25. The number of benzene rings is 1. The van der Waals surface area contributed by atoms with Gasteiger partial charge in [0.05, 0.1) is 6.10 Å². The zero-order valence-corrected chi connectivity index (χ0v) is 7.48. The van der Waals surface area contributed by atoms with Crippen LogP contribution in [0.1, 0.15) is 25.0 Å². The lowest BCUT2D eigenvalue weighted by Gasteiger charge is -2.09. The maximum atomic E-state index is 12.5. The van der Waals surface area contributed by atoms with Gasteiger partial charge in [0.25, 0.3) is 0 Å². The highest BCUT2D eigenvalue weighted by atomic mass is 35.5. The van der Waals surface area contributed by atoms with Crippen molar-refractivity contribution in [1.29, 1.82) is 0 Å². The van der Waals surface area contributed by atoms with Crippen molar-refractivity contribution in [2.75, 3.05) is 0 Å². The van der Waals surface area contributed by atoms with Crippen LogP contribution >= 0.6 is 11.6 Å². The second-order valence-electron chi connectivity index (χ2n) is 2.59. The van der Waals surface area contributed by atoms with E-state index in [1.165, 1.54) is 18.2 Å². The van der Waals surface area contributed by atoms with Crippen LogP contribution in [0.4, 0.5) is 4.39 Å². The van der Waals surface area contributed by atoms with Gasteiger partial charge in [0.1, 0.15) is 5.82 Å². The van der Waals surface area contributed by atoms with E-state index in [-0.39, 0.29) is 10.8 Å². The summed E-state index contributed by atoms with van der Waals surface area (Å²) in [5.74, 6) is -0.382. The van der Waals surface area contributed by atoms with Gasteiger partial charge in [-0.2, -0.15) is 0 Å². The number of halogens is 2. The van der Waals surface area contributed by atoms with E-state index in [1.54, 1.807) is 0 Å². The number of aliphatic hydroxyl groups excluding tert-OH is 1. The SMILES string of the molecule is CC[C@@H](O)c1ccc(F)cc1Cl. The van der Waals surface area contributed by atoms with Crippen LogP contribution in [0.15, 0.2) is 18.2 Å². The third-order valence-corrected chi connectivity index (χ3v) is 2.04. The summed E-state index contributed by atoms with van der Waals surface area (Å²) in [6.45, 7) is 1.84. The minimum Gasteiger partial charge on any atom is -0.388 e. The largest absolute Gasteiger partial charge is 0.388 e. The van der Waals surface area contributed by atoms with E-state index in [1.807, 2.05) is 6.92 Å². The molecule has 0 radical (unpaired) electrons. The zero-order valence-electron chi connectivity index (χ0n) is 6.72. The van der Waals surface area contributed by atoms with Crippen molar-refractivity contribution in [3.8, 4) is 0 Å². The fourth-order valence-corrected chi connectivity index (χ4v) is 1.28. The minimum absolute atomic E-state index is 0.282. The van der Waals surface area contributed by atoms with E-state index in [0.717, 1.165) is 0 Å². The summed E-state index contributed by atoms with van der Waals surface area (Å²) in [6, 6.07) is 4.00. The predicted octanol–water partition coefficient (Wildman–Crippen LogP) is 2.92. The lowest BCUT2D eigenvalue weighted by Crippen LogP contribution is -1.96.